The second-order valence-electron chi connectivity index (χ2n) is 6.46. The van der Waals surface area contributed by atoms with Crippen molar-refractivity contribution in [1.29, 1.82) is 0 Å². The first-order chi connectivity index (χ1) is 9.16. The maximum Gasteiger partial charge on any atom is 0.462 e. The first-order valence-corrected chi connectivity index (χ1v) is 8.08. The van der Waals surface area contributed by atoms with Crippen LogP contribution in [0.15, 0.2) is 12.1 Å². The molecule has 1 aromatic rings. The molecule has 0 unspecified atom stereocenters. The van der Waals surface area contributed by atoms with Gasteiger partial charge in [0.2, 0.25) is 0 Å². The summed E-state index contributed by atoms with van der Waals surface area (Å²) in [4.78, 5) is 0. The van der Waals surface area contributed by atoms with E-state index in [9.17, 15) is 0 Å². The Hall–Kier alpha value is -0.105. The fourth-order valence-corrected chi connectivity index (χ4v) is 3.12. The smallest absolute Gasteiger partial charge is 0.403 e. The molecular weight excluding hydrogens is 364 g/mol. The minimum atomic E-state index is -0.272. The molecule has 1 aliphatic heterocycles. The Morgan fingerprint density at radius 2 is 1.70 bits per heavy atom. The molecule has 0 bridgehead atoms. The van der Waals surface area contributed by atoms with Gasteiger partial charge < -0.3 is 15.0 Å². The van der Waals surface area contributed by atoms with Gasteiger partial charge in [-0.2, -0.15) is 0 Å². The van der Waals surface area contributed by atoms with E-state index in [0.29, 0.717) is 6.54 Å². The molecule has 2 rings (SSSR count). The molecule has 1 aliphatic rings. The molecule has 0 atom stereocenters. The molecule has 0 aliphatic carbocycles. The molecule has 110 valence electrons. The lowest BCUT2D eigenvalue weighted by molar-refractivity contribution is 0.00578. The third-order valence-electron chi connectivity index (χ3n) is 4.44. The van der Waals surface area contributed by atoms with Crippen LogP contribution in [0.25, 0.3) is 0 Å². The Morgan fingerprint density at radius 3 is 2.20 bits per heavy atom. The van der Waals surface area contributed by atoms with E-state index < -0.39 is 0 Å². The number of rotatable bonds is 3. The Balaban J connectivity index is 2.18. The van der Waals surface area contributed by atoms with Crippen LogP contribution in [0.1, 0.15) is 44.4 Å². The minimum absolute atomic E-state index is 0.191. The third-order valence-corrected chi connectivity index (χ3v) is 5.56. The predicted octanol–water partition coefficient (Wildman–Crippen LogP) is 3.23. The standard InChI is InChI=1S/C15H23BINO2/c1-10-12(9-18)6-11(7-13(10)17)8-16-19-14(2,3)15(4,5)20-16/h6-7H,8-9,18H2,1-5H3. The van der Waals surface area contributed by atoms with Gasteiger partial charge in [0.1, 0.15) is 0 Å². The van der Waals surface area contributed by atoms with Crippen LogP contribution in [0.5, 0.6) is 0 Å². The molecule has 0 spiro atoms. The quantitative estimate of drug-likeness (QED) is 0.640. The topological polar surface area (TPSA) is 44.5 Å². The maximum atomic E-state index is 6.06. The van der Waals surface area contributed by atoms with Crippen molar-refractivity contribution in [3.63, 3.8) is 0 Å². The number of nitrogens with two attached hydrogens (primary N) is 1. The van der Waals surface area contributed by atoms with Crippen LogP contribution in [0.3, 0.4) is 0 Å². The van der Waals surface area contributed by atoms with Crippen molar-refractivity contribution in [1.82, 2.24) is 0 Å². The highest BCUT2D eigenvalue weighted by atomic mass is 127. The lowest BCUT2D eigenvalue weighted by Gasteiger charge is -2.32. The average Bonchev–Trinajstić information content (AvgIpc) is 2.51. The zero-order chi connectivity index (χ0) is 15.1. The van der Waals surface area contributed by atoms with Crippen molar-refractivity contribution < 1.29 is 9.31 Å². The number of benzene rings is 1. The summed E-state index contributed by atoms with van der Waals surface area (Å²) in [5, 5.41) is 0. The summed E-state index contributed by atoms with van der Waals surface area (Å²) >= 11 is 2.36. The normalized spacial score (nSPS) is 20.4. The van der Waals surface area contributed by atoms with Gasteiger partial charge in [-0.3, -0.25) is 0 Å². The number of hydrogen-bond acceptors (Lipinski definition) is 3. The summed E-state index contributed by atoms with van der Waals surface area (Å²) in [6.07, 6.45) is 0.760. The maximum absolute atomic E-state index is 6.06. The van der Waals surface area contributed by atoms with E-state index in [0.717, 1.165) is 6.32 Å². The van der Waals surface area contributed by atoms with Crippen molar-refractivity contribution in [2.24, 2.45) is 5.73 Å². The van der Waals surface area contributed by atoms with Gasteiger partial charge in [-0.25, -0.2) is 0 Å². The van der Waals surface area contributed by atoms with E-state index in [1.54, 1.807) is 0 Å². The summed E-state index contributed by atoms with van der Waals surface area (Å²) in [7, 11) is -0.191. The monoisotopic (exact) mass is 387 g/mol. The fraction of sp³-hybridized carbons (Fsp3) is 0.600. The SMILES string of the molecule is Cc1c(I)cc(CB2OC(C)(C)C(C)(C)O2)cc1CN. The van der Waals surface area contributed by atoms with E-state index in [2.05, 4.69) is 69.3 Å². The van der Waals surface area contributed by atoms with Gasteiger partial charge in [0.15, 0.2) is 0 Å². The van der Waals surface area contributed by atoms with Gasteiger partial charge in [-0.05, 0) is 80.0 Å². The molecule has 3 nitrogen and oxygen atoms in total. The van der Waals surface area contributed by atoms with Crippen molar-refractivity contribution >= 4 is 29.7 Å². The third kappa shape index (κ3) is 3.05. The molecule has 5 heteroatoms. The van der Waals surface area contributed by atoms with Gasteiger partial charge in [0.25, 0.3) is 0 Å². The zero-order valence-electron chi connectivity index (χ0n) is 12.9. The zero-order valence-corrected chi connectivity index (χ0v) is 15.1. The van der Waals surface area contributed by atoms with Gasteiger partial charge >= 0.3 is 7.12 Å². The van der Waals surface area contributed by atoms with Gasteiger partial charge in [0, 0.05) is 16.4 Å². The van der Waals surface area contributed by atoms with Crippen LogP contribution in [0, 0.1) is 10.5 Å². The second kappa shape index (κ2) is 5.59. The van der Waals surface area contributed by atoms with Crippen LogP contribution in [0.4, 0.5) is 0 Å². The molecule has 1 heterocycles. The predicted molar refractivity (Wildman–Crippen MR) is 91.6 cm³/mol. The van der Waals surface area contributed by atoms with Crippen LogP contribution in [0.2, 0.25) is 0 Å². The van der Waals surface area contributed by atoms with Gasteiger partial charge in [0.05, 0.1) is 11.2 Å². The summed E-state index contributed by atoms with van der Waals surface area (Å²) < 4.78 is 13.4. The fourth-order valence-electron chi connectivity index (χ4n) is 2.37. The van der Waals surface area contributed by atoms with Crippen LogP contribution < -0.4 is 5.73 Å². The highest BCUT2D eigenvalue weighted by Crippen LogP contribution is 2.37. The molecule has 0 aromatic heterocycles. The first kappa shape index (κ1) is 16.3. The molecule has 20 heavy (non-hydrogen) atoms. The van der Waals surface area contributed by atoms with Crippen LogP contribution in [-0.4, -0.2) is 18.3 Å². The summed E-state index contributed by atoms with van der Waals surface area (Å²) in [6, 6.07) is 4.36. The Kier molecular flexibility index (Phi) is 4.55. The number of halogens is 1. The second-order valence-corrected chi connectivity index (χ2v) is 7.62. The van der Waals surface area contributed by atoms with E-state index in [-0.39, 0.29) is 18.3 Å². The lowest BCUT2D eigenvalue weighted by atomic mass is 9.80. The molecule has 1 saturated heterocycles. The Morgan fingerprint density at radius 1 is 1.15 bits per heavy atom. The summed E-state index contributed by atoms with van der Waals surface area (Å²) in [5.74, 6) is 0. The van der Waals surface area contributed by atoms with Crippen molar-refractivity contribution in [3.05, 3.63) is 32.4 Å². The van der Waals surface area contributed by atoms with Gasteiger partial charge in [-0.1, -0.05) is 6.07 Å². The molecular formula is C15H23BINO2. The van der Waals surface area contributed by atoms with E-state index >= 15 is 0 Å². The summed E-state index contributed by atoms with van der Waals surface area (Å²) in [6.45, 7) is 11.0. The van der Waals surface area contributed by atoms with E-state index in [1.807, 2.05) is 0 Å². The average molecular weight is 387 g/mol. The highest BCUT2D eigenvalue weighted by molar-refractivity contribution is 14.1. The van der Waals surface area contributed by atoms with Crippen molar-refractivity contribution in [3.8, 4) is 0 Å². The molecule has 0 radical (unpaired) electrons. The molecule has 0 saturated carbocycles. The number of hydrogen-bond donors (Lipinski definition) is 1. The van der Waals surface area contributed by atoms with Gasteiger partial charge in [-0.15, -0.1) is 0 Å². The van der Waals surface area contributed by atoms with Crippen LogP contribution in [-0.2, 0) is 22.2 Å². The Bertz CT molecular complexity index is 501. The van der Waals surface area contributed by atoms with Crippen LogP contribution >= 0.6 is 22.6 Å². The molecule has 2 N–H and O–H groups in total. The Labute approximate surface area is 135 Å². The first-order valence-electron chi connectivity index (χ1n) is 7.00. The lowest BCUT2D eigenvalue weighted by Crippen LogP contribution is -2.41. The minimum Gasteiger partial charge on any atom is -0.403 e. The van der Waals surface area contributed by atoms with Crippen molar-refractivity contribution in [2.45, 2.75) is 58.7 Å². The molecule has 0 amide bonds. The van der Waals surface area contributed by atoms with Crippen molar-refractivity contribution in [2.75, 3.05) is 0 Å². The summed E-state index contributed by atoms with van der Waals surface area (Å²) in [5.41, 5.74) is 8.96. The molecule has 1 aromatic carbocycles. The highest BCUT2D eigenvalue weighted by Gasteiger charge is 2.50. The van der Waals surface area contributed by atoms with E-state index in [4.69, 9.17) is 15.0 Å². The molecule has 1 fully saturated rings. The van der Waals surface area contributed by atoms with E-state index in [1.165, 1.54) is 20.3 Å². The largest absolute Gasteiger partial charge is 0.462 e.